The van der Waals surface area contributed by atoms with E-state index in [2.05, 4.69) is 5.32 Å². The Balaban J connectivity index is 3.51. The zero-order valence-electron chi connectivity index (χ0n) is 6.81. The normalized spacial score (nSPS) is 11.1. The third-order valence-electron chi connectivity index (χ3n) is 1.20. The molecule has 0 aromatic rings. The van der Waals surface area contributed by atoms with Gasteiger partial charge in [-0.05, 0) is 0 Å². The number of carbonyl (C=O) groups excluding carboxylic acids is 1. The van der Waals surface area contributed by atoms with Crippen molar-refractivity contribution in [3.63, 3.8) is 0 Å². The summed E-state index contributed by atoms with van der Waals surface area (Å²) in [6.07, 6.45) is 0.706. The Labute approximate surface area is 61.8 Å². The van der Waals surface area contributed by atoms with Crippen molar-refractivity contribution in [1.82, 2.24) is 5.32 Å². The van der Waals surface area contributed by atoms with Crippen LogP contribution in [0.4, 0.5) is 0 Å². The predicted octanol–water partition coefficient (Wildman–Crippen LogP) is 0.405. The predicted molar refractivity (Wildman–Crippen MR) is 39.7 cm³/mol. The lowest BCUT2D eigenvalue weighted by atomic mass is 9.95. The Kier molecular flexibility index (Phi) is 4.03. The highest BCUT2D eigenvalue weighted by Crippen LogP contribution is 2.12. The van der Waals surface area contributed by atoms with Crippen molar-refractivity contribution in [1.29, 1.82) is 0 Å². The maximum Gasteiger partial charge on any atom is 0.207 e. The molecule has 0 heterocycles. The van der Waals surface area contributed by atoms with Crippen LogP contribution in [0.5, 0.6) is 0 Å². The fourth-order valence-electron chi connectivity index (χ4n) is 0.760. The summed E-state index contributed by atoms with van der Waals surface area (Å²) < 4.78 is 4.95. The highest BCUT2D eigenvalue weighted by molar-refractivity contribution is 5.45. The van der Waals surface area contributed by atoms with Crippen LogP contribution >= 0.6 is 0 Å². The van der Waals surface area contributed by atoms with Gasteiger partial charge >= 0.3 is 0 Å². The van der Waals surface area contributed by atoms with Crippen LogP contribution in [0.1, 0.15) is 13.8 Å². The highest BCUT2D eigenvalue weighted by Gasteiger charge is 2.16. The van der Waals surface area contributed by atoms with E-state index in [4.69, 9.17) is 4.74 Å². The molecule has 1 amide bonds. The largest absolute Gasteiger partial charge is 0.384 e. The number of hydrogen-bond acceptors (Lipinski definition) is 2. The molecule has 0 aliphatic rings. The van der Waals surface area contributed by atoms with E-state index in [9.17, 15) is 4.79 Å². The third-order valence-corrected chi connectivity index (χ3v) is 1.20. The van der Waals surface area contributed by atoms with Crippen molar-refractivity contribution >= 4 is 6.41 Å². The van der Waals surface area contributed by atoms with E-state index in [1.807, 2.05) is 13.8 Å². The van der Waals surface area contributed by atoms with Gasteiger partial charge in [0.15, 0.2) is 0 Å². The SMILES string of the molecule is COCC(C)(C)CNC=O. The molecular formula is C7H15NO2. The van der Waals surface area contributed by atoms with Crippen LogP contribution in [0.3, 0.4) is 0 Å². The van der Waals surface area contributed by atoms with Crippen molar-refractivity contribution < 1.29 is 9.53 Å². The molecule has 0 aliphatic carbocycles. The number of ether oxygens (including phenoxy) is 1. The second-order valence-electron chi connectivity index (χ2n) is 3.10. The van der Waals surface area contributed by atoms with Gasteiger partial charge in [0.25, 0.3) is 0 Å². The molecule has 0 atom stereocenters. The highest BCUT2D eigenvalue weighted by atomic mass is 16.5. The summed E-state index contributed by atoms with van der Waals surface area (Å²) in [5.41, 5.74) is 0.0374. The Morgan fingerprint density at radius 3 is 2.60 bits per heavy atom. The van der Waals surface area contributed by atoms with Crippen LogP contribution in [-0.2, 0) is 9.53 Å². The summed E-state index contributed by atoms with van der Waals surface area (Å²) in [5, 5.41) is 2.61. The molecule has 10 heavy (non-hydrogen) atoms. The van der Waals surface area contributed by atoms with E-state index >= 15 is 0 Å². The van der Waals surface area contributed by atoms with Gasteiger partial charge in [-0.15, -0.1) is 0 Å². The van der Waals surface area contributed by atoms with Crippen molar-refractivity contribution in [2.75, 3.05) is 20.3 Å². The monoisotopic (exact) mass is 145 g/mol. The summed E-state index contributed by atoms with van der Waals surface area (Å²) >= 11 is 0. The maximum atomic E-state index is 9.90. The standard InChI is InChI=1S/C7H15NO2/c1-7(2,5-10-3)4-8-6-9/h6H,4-5H2,1-3H3,(H,8,9). The third kappa shape index (κ3) is 4.32. The minimum absolute atomic E-state index is 0.0374. The molecule has 3 nitrogen and oxygen atoms in total. The maximum absolute atomic E-state index is 9.90. The average Bonchev–Trinajstić information content (AvgIpc) is 1.84. The summed E-state index contributed by atoms with van der Waals surface area (Å²) in [4.78, 5) is 9.90. The van der Waals surface area contributed by atoms with Crippen LogP contribution in [0.25, 0.3) is 0 Å². The Hall–Kier alpha value is -0.570. The Morgan fingerprint density at radius 1 is 1.60 bits per heavy atom. The molecule has 0 spiro atoms. The van der Waals surface area contributed by atoms with E-state index in [1.165, 1.54) is 0 Å². The molecule has 0 radical (unpaired) electrons. The molecule has 0 saturated carbocycles. The molecule has 1 N–H and O–H groups in total. The molecule has 0 unspecified atom stereocenters. The second-order valence-corrected chi connectivity index (χ2v) is 3.10. The Morgan fingerprint density at radius 2 is 2.20 bits per heavy atom. The van der Waals surface area contributed by atoms with Gasteiger partial charge in [-0.2, -0.15) is 0 Å². The average molecular weight is 145 g/mol. The first kappa shape index (κ1) is 9.43. The van der Waals surface area contributed by atoms with Crippen LogP contribution in [0, 0.1) is 5.41 Å². The van der Waals surface area contributed by atoms with Crippen molar-refractivity contribution in [3.8, 4) is 0 Å². The van der Waals surface area contributed by atoms with Crippen LogP contribution in [0.2, 0.25) is 0 Å². The molecule has 3 heteroatoms. The lowest BCUT2D eigenvalue weighted by Crippen LogP contribution is -2.32. The van der Waals surface area contributed by atoms with Gasteiger partial charge < -0.3 is 10.1 Å². The van der Waals surface area contributed by atoms with Gasteiger partial charge in [-0.25, -0.2) is 0 Å². The fourth-order valence-corrected chi connectivity index (χ4v) is 0.760. The summed E-state index contributed by atoms with van der Waals surface area (Å²) in [6, 6.07) is 0. The Bertz CT molecular complexity index is 102. The number of nitrogens with one attached hydrogen (secondary N) is 1. The zero-order valence-corrected chi connectivity index (χ0v) is 6.81. The topological polar surface area (TPSA) is 38.3 Å². The van der Waals surface area contributed by atoms with E-state index in [0.29, 0.717) is 19.6 Å². The second kappa shape index (κ2) is 4.28. The van der Waals surface area contributed by atoms with E-state index in [-0.39, 0.29) is 5.41 Å². The van der Waals surface area contributed by atoms with E-state index in [1.54, 1.807) is 7.11 Å². The lowest BCUT2D eigenvalue weighted by molar-refractivity contribution is -0.110. The van der Waals surface area contributed by atoms with E-state index < -0.39 is 0 Å². The quantitative estimate of drug-likeness (QED) is 0.569. The van der Waals surface area contributed by atoms with Crippen LogP contribution in [-0.4, -0.2) is 26.7 Å². The lowest BCUT2D eigenvalue weighted by Gasteiger charge is -2.22. The first-order valence-corrected chi connectivity index (χ1v) is 3.28. The minimum atomic E-state index is 0.0374. The molecule has 0 aromatic carbocycles. The van der Waals surface area contributed by atoms with Crippen molar-refractivity contribution in [2.45, 2.75) is 13.8 Å². The summed E-state index contributed by atoms with van der Waals surface area (Å²) in [5.74, 6) is 0. The van der Waals surface area contributed by atoms with Gasteiger partial charge in [0.1, 0.15) is 0 Å². The van der Waals surface area contributed by atoms with Crippen molar-refractivity contribution in [3.05, 3.63) is 0 Å². The zero-order chi connectivity index (χ0) is 8.04. The van der Waals surface area contributed by atoms with Gasteiger partial charge in [0.2, 0.25) is 6.41 Å². The molecule has 0 fully saturated rings. The molecule has 0 aromatic heterocycles. The van der Waals surface area contributed by atoms with Gasteiger partial charge in [0.05, 0.1) is 6.61 Å². The summed E-state index contributed by atoms with van der Waals surface area (Å²) in [6.45, 7) is 5.39. The van der Waals surface area contributed by atoms with Crippen LogP contribution in [0.15, 0.2) is 0 Å². The van der Waals surface area contributed by atoms with Gasteiger partial charge in [-0.1, -0.05) is 13.8 Å². The molecule has 0 aliphatic heterocycles. The number of amides is 1. The number of rotatable bonds is 5. The summed E-state index contributed by atoms with van der Waals surface area (Å²) in [7, 11) is 1.66. The van der Waals surface area contributed by atoms with Crippen LogP contribution < -0.4 is 5.32 Å². The first-order valence-electron chi connectivity index (χ1n) is 3.28. The molecule has 0 saturated heterocycles. The van der Waals surface area contributed by atoms with Gasteiger partial charge in [-0.3, -0.25) is 4.79 Å². The van der Waals surface area contributed by atoms with Gasteiger partial charge in [0, 0.05) is 19.1 Å². The molecule has 0 bridgehead atoms. The minimum Gasteiger partial charge on any atom is -0.384 e. The smallest absolute Gasteiger partial charge is 0.207 e. The number of methoxy groups -OCH3 is 1. The first-order chi connectivity index (χ1) is 4.62. The molecule has 60 valence electrons. The molecular weight excluding hydrogens is 130 g/mol. The fraction of sp³-hybridized carbons (Fsp3) is 0.857. The van der Waals surface area contributed by atoms with E-state index in [0.717, 1.165) is 0 Å². The van der Waals surface area contributed by atoms with Crippen molar-refractivity contribution in [2.24, 2.45) is 5.41 Å². The number of carbonyl (C=O) groups is 1. The number of hydrogen-bond donors (Lipinski definition) is 1. The molecule has 0 rings (SSSR count).